The Labute approximate surface area is 185 Å². The van der Waals surface area contributed by atoms with Gasteiger partial charge in [0, 0.05) is 29.7 Å². The summed E-state index contributed by atoms with van der Waals surface area (Å²) in [4.78, 5) is 17.2. The number of amides is 1. The number of sulfonamides is 1. The Balaban J connectivity index is 1.74. The summed E-state index contributed by atoms with van der Waals surface area (Å²) in [6.07, 6.45) is 0.0458. The number of nitrogens with one attached hydrogen (secondary N) is 1. The van der Waals surface area contributed by atoms with Crippen molar-refractivity contribution in [3.8, 4) is 10.6 Å². The number of nitrogens with zero attached hydrogens (tertiary/aromatic N) is 2. The molecule has 2 aromatic carbocycles. The Bertz CT molecular complexity index is 1170. The highest BCUT2D eigenvalue weighted by Crippen LogP contribution is 2.25. The zero-order valence-electron chi connectivity index (χ0n) is 17.6. The molecule has 0 aliphatic rings. The summed E-state index contributed by atoms with van der Waals surface area (Å²) in [5.41, 5.74) is 2.58. The number of halogens is 1. The SMILES string of the molecule is CCN(CC)S(=O)(=O)c1ccc(C)c(NC(=O)Cc2csc(-c3ccc(F)cc3)n2)c1. The predicted octanol–water partition coefficient (Wildman–Crippen LogP) is 4.47. The van der Waals surface area contributed by atoms with Crippen LogP contribution in [-0.2, 0) is 21.2 Å². The molecule has 0 aliphatic carbocycles. The molecular weight excluding hydrogens is 437 g/mol. The van der Waals surface area contributed by atoms with Gasteiger partial charge in [-0.05, 0) is 48.9 Å². The van der Waals surface area contributed by atoms with E-state index in [0.29, 0.717) is 29.5 Å². The molecule has 0 bridgehead atoms. The lowest BCUT2D eigenvalue weighted by Crippen LogP contribution is -2.30. The molecule has 9 heteroatoms. The summed E-state index contributed by atoms with van der Waals surface area (Å²) < 4.78 is 40.0. The fraction of sp³-hybridized carbons (Fsp3) is 0.273. The topological polar surface area (TPSA) is 79.4 Å². The normalized spacial score (nSPS) is 11.6. The van der Waals surface area contributed by atoms with Crippen LogP contribution in [-0.4, -0.2) is 36.7 Å². The van der Waals surface area contributed by atoms with Crippen LogP contribution in [0.5, 0.6) is 0 Å². The van der Waals surface area contributed by atoms with Crippen molar-refractivity contribution in [1.29, 1.82) is 0 Å². The lowest BCUT2D eigenvalue weighted by Gasteiger charge is -2.19. The highest BCUT2D eigenvalue weighted by molar-refractivity contribution is 7.89. The number of hydrogen-bond donors (Lipinski definition) is 1. The number of rotatable bonds is 8. The van der Waals surface area contributed by atoms with E-state index in [1.807, 2.05) is 0 Å². The summed E-state index contributed by atoms with van der Waals surface area (Å²) in [5.74, 6) is -0.614. The highest BCUT2D eigenvalue weighted by atomic mass is 32.2. The molecule has 1 amide bonds. The van der Waals surface area contributed by atoms with Gasteiger partial charge in [0.25, 0.3) is 0 Å². The summed E-state index contributed by atoms with van der Waals surface area (Å²) in [6.45, 7) is 6.11. The first-order valence-electron chi connectivity index (χ1n) is 9.85. The molecule has 0 atom stereocenters. The molecule has 3 rings (SSSR count). The Morgan fingerprint density at radius 1 is 1.13 bits per heavy atom. The van der Waals surface area contributed by atoms with E-state index >= 15 is 0 Å². The maximum Gasteiger partial charge on any atom is 0.243 e. The smallest absolute Gasteiger partial charge is 0.243 e. The van der Waals surface area contributed by atoms with Gasteiger partial charge < -0.3 is 5.32 Å². The lowest BCUT2D eigenvalue weighted by molar-refractivity contribution is -0.115. The van der Waals surface area contributed by atoms with Crippen LogP contribution in [0.2, 0.25) is 0 Å². The first-order chi connectivity index (χ1) is 14.7. The van der Waals surface area contributed by atoms with Crippen molar-refractivity contribution >= 4 is 33.0 Å². The average Bonchev–Trinajstić information content (AvgIpc) is 3.19. The van der Waals surface area contributed by atoms with Crippen LogP contribution < -0.4 is 5.32 Å². The van der Waals surface area contributed by atoms with Crippen LogP contribution in [0.1, 0.15) is 25.1 Å². The first-order valence-corrected chi connectivity index (χ1v) is 12.2. The zero-order valence-corrected chi connectivity index (χ0v) is 19.2. The van der Waals surface area contributed by atoms with Gasteiger partial charge in [-0.15, -0.1) is 11.3 Å². The monoisotopic (exact) mass is 461 g/mol. The summed E-state index contributed by atoms with van der Waals surface area (Å²) >= 11 is 1.38. The second-order valence-corrected chi connectivity index (χ2v) is 9.74. The molecule has 3 aromatic rings. The standard InChI is InChI=1S/C22H24FN3O3S2/c1-4-26(5-2)31(28,29)19-11-6-15(3)20(13-19)25-21(27)12-18-14-30-22(24-18)16-7-9-17(23)10-8-16/h6-11,13-14H,4-5,12H2,1-3H3,(H,25,27). The second-order valence-electron chi connectivity index (χ2n) is 6.94. The van der Waals surface area contributed by atoms with E-state index in [0.717, 1.165) is 11.1 Å². The Hall–Kier alpha value is -2.62. The molecule has 31 heavy (non-hydrogen) atoms. The highest BCUT2D eigenvalue weighted by Gasteiger charge is 2.22. The number of carbonyl (C=O) groups excluding carboxylic acids is 1. The fourth-order valence-corrected chi connectivity index (χ4v) is 5.39. The van der Waals surface area contributed by atoms with Crippen LogP contribution in [0.15, 0.2) is 52.7 Å². The number of benzene rings is 2. The van der Waals surface area contributed by atoms with Crippen molar-refractivity contribution in [2.45, 2.75) is 32.1 Å². The number of carbonyl (C=O) groups is 1. The average molecular weight is 462 g/mol. The molecule has 0 fully saturated rings. The number of thiazole rings is 1. The van der Waals surface area contributed by atoms with Gasteiger partial charge in [0.15, 0.2) is 0 Å². The minimum atomic E-state index is -3.62. The summed E-state index contributed by atoms with van der Waals surface area (Å²) in [5, 5.41) is 5.28. The van der Waals surface area contributed by atoms with E-state index in [4.69, 9.17) is 0 Å². The third-order valence-electron chi connectivity index (χ3n) is 4.81. The molecule has 0 aliphatic heterocycles. The zero-order chi connectivity index (χ0) is 22.6. The van der Waals surface area contributed by atoms with Crippen LogP contribution >= 0.6 is 11.3 Å². The molecule has 0 saturated carbocycles. The quantitative estimate of drug-likeness (QED) is 0.537. The second kappa shape index (κ2) is 9.67. The molecule has 1 aromatic heterocycles. The molecule has 0 spiro atoms. The minimum absolute atomic E-state index is 0.0458. The number of hydrogen-bond acceptors (Lipinski definition) is 5. The number of anilines is 1. The molecule has 1 heterocycles. The van der Waals surface area contributed by atoms with Crippen molar-refractivity contribution in [1.82, 2.24) is 9.29 Å². The van der Waals surface area contributed by atoms with E-state index in [-0.39, 0.29) is 23.0 Å². The third-order valence-corrected chi connectivity index (χ3v) is 7.80. The molecule has 0 saturated heterocycles. The predicted molar refractivity (Wildman–Crippen MR) is 121 cm³/mol. The maximum absolute atomic E-state index is 13.1. The van der Waals surface area contributed by atoms with Crippen molar-refractivity contribution in [3.63, 3.8) is 0 Å². The van der Waals surface area contributed by atoms with E-state index < -0.39 is 10.0 Å². The molecule has 0 radical (unpaired) electrons. The molecule has 1 N–H and O–H groups in total. The number of aromatic nitrogens is 1. The first kappa shape index (κ1) is 23.1. The van der Waals surface area contributed by atoms with Gasteiger partial charge in [-0.25, -0.2) is 17.8 Å². The summed E-state index contributed by atoms with van der Waals surface area (Å²) in [6, 6.07) is 10.7. The Morgan fingerprint density at radius 3 is 2.45 bits per heavy atom. The van der Waals surface area contributed by atoms with Gasteiger partial charge in [-0.3, -0.25) is 4.79 Å². The van der Waals surface area contributed by atoms with Crippen molar-refractivity contribution in [3.05, 3.63) is 64.9 Å². The van der Waals surface area contributed by atoms with Crippen molar-refractivity contribution in [2.24, 2.45) is 0 Å². The molecule has 6 nitrogen and oxygen atoms in total. The molecular formula is C22H24FN3O3S2. The van der Waals surface area contributed by atoms with Gasteiger partial charge in [-0.2, -0.15) is 4.31 Å². The van der Waals surface area contributed by atoms with Gasteiger partial charge >= 0.3 is 0 Å². The Morgan fingerprint density at radius 2 is 1.81 bits per heavy atom. The summed E-state index contributed by atoms with van der Waals surface area (Å²) in [7, 11) is -3.62. The van der Waals surface area contributed by atoms with Gasteiger partial charge in [0.05, 0.1) is 17.0 Å². The van der Waals surface area contributed by atoms with E-state index in [1.54, 1.807) is 50.4 Å². The van der Waals surface area contributed by atoms with Gasteiger partial charge in [0.1, 0.15) is 10.8 Å². The molecule has 0 unspecified atom stereocenters. The van der Waals surface area contributed by atoms with Crippen LogP contribution in [0.3, 0.4) is 0 Å². The van der Waals surface area contributed by atoms with E-state index in [1.165, 1.54) is 33.8 Å². The lowest BCUT2D eigenvalue weighted by atomic mass is 10.2. The minimum Gasteiger partial charge on any atom is -0.325 e. The van der Waals surface area contributed by atoms with Crippen molar-refractivity contribution < 1.29 is 17.6 Å². The van der Waals surface area contributed by atoms with E-state index in [9.17, 15) is 17.6 Å². The largest absolute Gasteiger partial charge is 0.325 e. The van der Waals surface area contributed by atoms with Gasteiger partial charge in [-0.1, -0.05) is 19.9 Å². The maximum atomic E-state index is 13.1. The van der Waals surface area contributed by atoms with Crippen LogP contribution in [0.25, 0.3) is 10.6 Å². The van der Waals surface area contributed by atoms with E-state index in [2.05, 4.69) is 10.3 Å². The Kier molecular flexibility index (Phi) is 7.19. The fourth-order valence-electron chi connectivity index (χ4n) is 3.08. The number of aryl methyl sites for hydroxylation is 1. The third kappa shape index (κ3) is 5.36. The van der Waals surface area contributed by atoms with Crippen LogP contribution in [0, 0.1) is 12.7 Å². The molecule has 164 valence electrons. The van der Waals surface area contributed by atoms with Crippen LogP contribution in [0.4, 0.5) is 10.1 Å². The van der Waals surface area contributed by atoms with Crippen molar-refractivity contribution in [2.75, 3.05) is 18.4 Å². The van der Waals surface area contributed by atoms with Gasteiger partial charge in [0.2, 0.25) is 15.9 Å².